The average molecular weight is 409 g/mol. The lowest BCUT2D eigenvalue weighted by Gasteiger charge is -2.35. The Morgan fingerprint density at radius 1 is 0.742 bits per heavy atom. The van der Waals surface area contributed by atoms with Crippen molar-refractivity contribution in [3.8, 4) is 11.1 Å². The van der Waals surface area contributed by atoms with E-state index in [1.807, 2.05) is 0 Å². The SMILES string of the molecule is CCN(C)c1c2c(c(C3C=CC=C3)c(C3C=CC=C3)c1N(C)CC)-c1ccccc1C2. The highest BCUT2D eigenvalue weighted by atomic mass is 15.2. The Balaban J connectivity index is 1.94. The minimum atomic E-state index is 0.309. The van der Waals surface area contributed by atoms with E-state index >= 15 is 0 Å². The molecule has 2 heteroatoms. The molecule has 2 nitrogen and oxygen atoms in total. The lowest BCUT2D eigenvalue weighted by Crippen LogP contribution is -2.27. The molecule has 2 aromatic rings. The molecule has 0 saturated heterocycles. The molecular formula is C29H32N2. The van der Waals surface area contributed by atoms with E-state index in [2.05, 4.69) is 111 Å². The van der Waals surface area contributed by atoms with Gasteiger partial charge in [-0.05, 0) is 47.2 Å². The summed E-state index contributed by atoms with van der Waals surface area (Å²) in [6, 6.07) is 9.03. The number of anilines is 2. The molecule has 0 atom stereocenters. The maximum absolute atomic E-state index is 2.46. The van der Waals surface area contributed by atoms with Crippen molar-refractivity contribution in [1.29, 1.82) is 0 Å². The van der Waals surface area contributed by atoms with Gasteiger partial charge in [-0.2, -0.15) is 0 Å². The van der Waals surface area contributed by atoms with E-state index in [1.165, 1.54) is 44.8 Å². The first-order valence-electron chi connectivity index (χ1n) is 11.6. The lowest BCUT2D eigenvalue weighted by molar-refractivity contribution is 0.891. The third-order valence-electron chi connectivity index (χ3n) is 7.16. The minimum Gasteiger partial charge on any atom is -0.373 e. The number of nitrogens with zero attached hydrogens (tertiary/aromatic N) is 2. The van der Waals surface area contributed by atoms with Crippen LogP contribution in [0.3, 0.4) is 0 Å². The van der Waals surface area contributed by atoms with Gasteiger partial charge in [0, 0.05) is 45.4 Å². The van der Waals surface area contributed by atoms with Gasteiger partial charge in [0.15, 0.2) is 0 Å². The van der Waals surface area contributed by atoms with Crippen LogP contribution in [0.1, 0.15) is 47.9 Å². The van der Waals surface area contributed by atoms with Gasteiger partial charge in [-0.1, -0.05) is 72.9 Å². The Bertz CT molecular complexity index is 1110. The summed E-state index contributed by atoms with van der Waals surface area (Å²) in [5.41, 5.74) is 11.6. The number of allylic oxidation sites excluding steroid dienone is 8. The second kappa shape index (κ2) is 7.92. The number of benzene rings is 2. The van der Waals surface area contributed by atoms with Gasteiger partial charge in [0.2, 0.25) is 0 Å². The Morgan fingerprint density at radius 2 is 1.29 bits per heavy atom. The summed E-state index contributed by atoms with van der Waals surface area (Å²) in [6.45, 7) is 6.50. The fraction of sp³-hybridized carbons (Fsp3) is 0.310. The molecule has 0 heterocycles. The zero-order chi connectivity index (χ0) is 21.5. The average Bonchev–Trinajstić information content (AvgIpc) is 3.57. The van der Waals surface area contributed by atoms with E-state index in [1.54, 1.807) is 0 Å². The van der Waals surface area contributed by atoms with E-state index in [4.69, 9.17) is 0 Å². The molecule has 2 aromatic carbocycles. The smallest absolute Gasteiger partial charge is 0.0649 e. The highest BCUT2D eigenvalue weighted by Crippen LogP contribution is 2.55. The predicted octanol–water partition coefficient (Wildman–Crippen LogP) is 6.59. The Morgan fingerprint density at radius 3 is 1.90 bits per heavy atom. The lowest BCUT2D eigenvalue weighted by atomic mass is 9.80. The largest absolute Gasteiger partial charge is 0.373 e. The second-order valence-corrected chi connectivity index (χ2v) is 8.83. The van der Waals surface area contributed by atoms with Crippen LogP contribution >= 0.6 is 0 Å². The quantitative estimate of drug-likeness (QED) is 0.454. The van der Waals surface area contributed by atoms with E-state index in [0.717, 1.165) is 19.5 Å². The van der Waals surface area contributed by atoms with E-state index in [-0.39, 0.29) is 0 Å². The first kappa shape index (κ1) is 19.9. The molecule has 3 aliphatic carbocycles. The van der Waals surface area contributed by atoms with E-state index in [0.29, 0.717) is 11.8 Å². The molecular weight excluding hydrogens is 376 g/mol. The first-order chi connectivity index (χ1) is 15.2. The van der Waals surface area contributed by atoms with Gasteiger partial charge in [-0.25, -0.2) is 0 Å². The molecule has 0 unspecified atom stereocenters. The topological polar surface area (TPSA) is 6.48 Å². The van der Waals surface area contributed by atoms with Crippen molar-refractivity contribution in [3.63, 3.8) is 0 Å². The summed E-state index contributed by atoms with van der Waals surface area (Å²) in [6.07, 6.45) is 19.3. The van der Waals surface area contributed by atoms with Crippen LogP contribution in [-0.2, 0) is 6.42 Å². The van der Waals surface area contributed by atoms with Gasteiger partial charge in [0.25, 0.3) is 0 Å². The molecule has 0 radical (unpaired) electrons. The van der Waals surface area contributed by atoms with Gasteiger partial charge in [0.05, 0.1) is 11.4 Å². The highest BCUT2D eigenvalue weighted by molar-refractivity contribution is 5.94. The number of hydrogen-bond donors (Lipinski definition) is 0. The fourth-order valence-electron chi connectivity index (χ4n) is 5.45. The Hall–Kier alpha value is -3.00. The molecule has 3 aliphatic rings. The molecule has 0 saturated carbocycles. The van der Waals surface area contributed by atoms with Gasteiger partial charge >= 0.3 is 0 Å². The molecule has 0 N–H and O–H groups in total. The van der Waals surface area contributed by atoms with Gasteiger partial charge in [-0.3, -0.25) is 0 Å². The Kier molecular flexibility index (Phi) is 5.09. The zero-order valence-corrected chi connectivity index (χ0v) is 19.1. The maximum atomic E-state index is 2.46. The summed E-state index contributed by atoms with van der Waals surface area (Å²) in [4.78, 5) is 4.92. The first-order valence-corrected chi connectivity index (χ1v) is 11.6. The molecule has 31 heavy (non-hydrogen) atoms. The number of hydrogen-bond acceptors (Lipinski definition) is 2. The number of fused-ring (bicyclic) bond motifs is 3. The van der Waals surface area contributed by atoms with Crippen LogP contribution in [0, 0.1) is 0 Å². The van der Waals surface area contributed by atoms with Crippen LogP contribution in [0.15, 0.2) is 72.9 Å². The minimum absolute atomic E-state index is 0.309. The van der Waals surface area contributed by atoms with Gasteiger partial charge in [0.1, 0.15) is 0 Å². The molecule has 0 aromatic heterocycles. The van der Waals surface area contributed by atoms with Crippen molar-refractivity contribution in [3.05, 3.63) is 95.1 Å². The maximum Gasteiger partial charge on any atom is 0.0649 e. The molecule has 158 valence electrons. The van der Waals surface area contributed by atoms with Crippen molar-refractivity contribution in [1.82, 2.24) is 0 Å². The summed E-state index contributed by atoms with van der Waals surface area (Å²) in [7, 11) is 4.51. The zero-order valence-electron chi connectivity index (χ0n) is 19.1. The van der Waals surface area contributed by atoms with Crippen LogP contribution in [0.2, 0.25) is 0 Å². The van der Waals surface area contributed by atoms with E-state index < -0.39 is 0 Å². The van der Waals surface area contributed by atoms with Crippen molar-refractivity contribution < 1.29 is 0 Å². The molecule has 0 fully saturated rings. The molecule has 0 spiro atoms. The van der Waals surface area contributed by atoms with Crippen LogP contribution < -0.4 is 9.80 Å². The fourth-order valence-corrected chi connectivity index (χ4v) is 5.45. The van der Waals surface area contributed by atoms with Crippen LogP contribution in [-0.4, -0.2) is 27.2 Å². The monoisotopic (exact) mass is 408 g/mol. The van der Waals surface area contributed by atoms with Gasteiger partial charge in [-0.15, -0.1) is 0 Å². The predicted molar refractivity (Wildman–Crippen MR) is 135 cm³/mol. The highest BCUT2D eigenvalue weighted by Gasteiger charge is 2.35. The van der Waals surface area contributed by atoms with Crippen molar-refractivity contribution >= 4 is 11.4 Å². The summed E-state index contributed by atoms with van der Waals surface area (Å²) in [5, 5.41) is 0. The standard InChI is InChI=1S/C29H32N2/c1-5-30(3)28-24-19-22-17-11-12-18-23(22)27(24)25(20-13-7-8-14-20)26(21-15-9-10-16-21)29(28)31(4)6-2/h7-18,20-21H,5-6,19H2,1-4H3. The third kappa shape index (κ3) is 3.08. The molecule has 5 rings (SSSR count). The third-order valence-corrected chi connectivity index (χ3v) is 7.16. The van der Waals surface area contributed by atoms with Crippen molar-refractivity contribution in [2.45, 2.75) is 32.1 Å². The van der Waals surface area contributed by atoms with Crippen molar-refractivity contribution in [2.75, 3.05) is 37.0 Å². The summed E-state index contributed by atoms with van der Waals surface area (Å²) in [5.74, 6) is 0.630. The van der Waals surface area contributed by atoms with Gasteiger partial charge < -0.3 is 9.80 Å². The molecule has 0 aliphatic heterocycles. The normalized spacial score (nSPS) is 16.4. The summed E-state index contributed by atoms with van der Waals surface area (Å²) >= 11 is 0. The Labute approximate surface area is 186 Å². The van der Waals surface area contributed by atoms with Crippen LogP contribution in [0.4, 0.5) is 11.4 Å². The van der Waals surface area contributed by atoms with Crippen LogP contribution in [0.5, 0.6) is 0 Å². The van der Waals surface area contributed by atoms with Crippen LogP contribution in [0.25, 0.3) is 11.1 Å². The summed E-state index contributed by atoms with van der Waals surface area (Å²) < 4.78 is 0. The second-order valence-electron chi connectivity index (χ2n) is 8.83. The molecule has 0 bridgehead atoms. The molecule has 0 amide bonds. The number of rotatable bonds is 6. The van der Waals surface area contributed by atoms with E-state index in [9.17, 15) is 0 Å². The van der Waals surface area contributed by atoms with Crippen molar-refractivity contribution in [2.24, 2.45) is 0 Å².